The molecule has 78 valence electrons. The van der Waals surface area contributed by atoms with Gasteiger partial charge in [-0.2, -0.15) is 13.2 Å². The molecule has 0 aromatic carbocycles. The SMILES string of the molecule is NC1(CO)CC1.O=C(O)C(F)(F)F. The second kappa shape index (κ2) is 3.93. The van der Waals surface area contributed by atoms with Crippen molar-refractivity contribution in [1.82, 2.24) is 0 Å². The summed E-state index contributed by atoms with van der Waals surface area (Å²) >= 11 is 0. The number of nitrogens with two attached hydrogens (primary N) is 1. The van der Waals surface area contributed by atoms with Gasteiger partial charge in [-0.05, 0) is 12.8 Å². The number of hydrogen-bond donors (Lipinski definition) is 3. The molecular formula is C6H10F3NO3. The molecule has 4 nitrogen and oxygen atoms in total. The largest absolute Gasteiger partial charge is 0.490 e. The third-order valence-corrected chi connectivity index (χ3v) is 1.45. The Kier molecular flexibility index (Phi) is 3.68. The van der Waals surface area contributed by atoms with Crippen LogP contribution in [0.2, 0.25) is 0 Å². The summed E-state index contributed by atoms with van der Waals surface area (Å²) in [5, 5.41) is 15.5. The Hall–Kier alpha value is -0.820. The lowest BCUT2D eigenvalue weighted by atomic mass is 10.3. The third kappa shape index (κ3) is 5.42. The number of aliphatic hydroxyl groups excluding tert-OH is 1. The van der Waals surface area contributed by atoms with Gasteiger partial charge in [0, 0.05) is 5.54 Å². The molecule has 0 spiro atoms. The molecule has 13 heavy (non-hydrogen) atoms. The van der Waals surface area contributed by atoms with E-state index in [1.807, 2.05) is 0 Å². The van der Waals surface area contributed by atoms with Gasteiger partial charge in [0.15, 0.2) is 0 Å². The van der Waals surface area contributed by atoms with Crippen LogP contribution < -0.4 is 5.73 Å². The summed E-state index contributed by atoms with van der Waals surface area (Å²) < 4.78 is 31.7. The molecular weight excluding hydrogens is 191 g/mol. The van der Waals surface area contributed by atoms with Gasteiger partial charge < -0.3 is 15.9 Å². The Morgan fingerprint density at radius 1 is 1.46 bits per heavy atom. The van der Waals surface area contributed by atoms with E-state index in [9.17, 15) is 13.2 Å². The van der Waals surface area contributed by atoms with Crippen molar-refractivity contribution in [2.24, 2.45) is 5.73 Å². The van der Waals surface area contributed by atoms with Gasteiger partial charge in [0.25, 0.3) is 0 Å². The molecule has 1 rings (SSSR count). The molecule has 0 atom stereocenters. The number of carboxylic acid groups (broad SMARTS) is 1. The van der Waals surface area contributed by atoms with E-state index in [1.54, 1.807) is 0 Å². The fourth-order valence-corrected chi connectivity index (χ4v) is 0.319. The minimum atomic E-state index is -5.08. The van der Waals surface area contributed by atoms with Crippen LogP contribution in [-0.4, -0.2) is 34.5 Å². The lowest BCUT2D eigenvalue weighted by Gasteiger charge is -1.97. The minimum absolute atomic E-state index is 0.153. The fraction of sp³-hybridized carbons (Fsp3) is 0.833. The Morgan fingerprint density at radius 3 is 1.77 bits per heavy atom. The van der Waals surface area contributed by atoms with Crippen LogP contribution in [0.25, 0.3) is 0 Å². The summed E-state index contributed by atoms with van der Waals surface area (Å²) in [5.41, 5.74) is 5.24. The lowest BCUT2D eigenvalue weighted by Crippen LogP contribution is -2.25. The zero-order valence-electron chi connectivity index (χ0n) is 6.64. The van der Waals surface area contributed by atoms with Crippen LogP contribution in [0.15, 0.2) is 0 Å². The molecule has 1 aliphatic rings. The number of hydrogen-bond acceptors (Lipinski definition) is 3. The molecule has 1 fully saturated rings. The van der Waals surface area contributed by atoms with Crippen molar-refractivity contribution in [2.75, 3.05) is 6.61 Å². The van der Waals surface area contributed by atoms with Crippen LogP contribution in [0.1, 0.15) is 12.8 Å². The van der Waals surface area contributed by atoms with Gasteiger partial charge in [-0.3, -0.25) is 0 Å². The van der Waals surface area contributed by atoms with Crippen molar-refractivity contribution >= 4 is 5.97 Å². The lowest BCUT2D eigenvalue weighted by molar-refractivity contribution is -0.192. The Bertz CT molecular complexity index is 188. The highest BCUT2D eigenvalue weighted by molar-refractivity contribution is 5.73. The average molecular weight is 201 g/mol. The first-order valence-corrected chi connectivity index (χ1v) is 3.41. The molecule has 0 saturated heterocycles. The first-order chi connectivity index (χ1) is 5.71. The number of rotatable bonds is 1. The molecule has 7 heteroatoms. The number of alkyl halides is 3. The van der Waals surface area contributed by atoms with E-state index in [0.29, 0.717) is 0 Å². The molecule has 0 aromatic rings. The number of carboxylic acids is 1. The molecule has 1 aliphatic carbocycles. The Balaban J connectivity index is 0.000000223. The van der Waals surface area contributed by atoms with Gasteiger partial charge in [-0.1, -0.05) is 0 Å². The number of carbonyl (C=O) groups is 1. The van der Waals surface area contributed by atoms with Crippen molar-refractivity contribution < 1.29 is 28.2 Å². The van der Waals surface area contributed by atoms with Crippen LogP contribution >= 0.6 is 0 Å². The topological polar surface area (TPSA) is 83.5 Å². The van der Waals surface area contributed by atoms with Crippen LogP contribution in [0, 0.1) is 0 Å². The van der Waals surface area contributed by atoms with Gasteiger partial charge in [-0.25, -0.2) is 4.79 Å². The van der Waals surface area contributed by atoms with E-state index in [4.69, 9.17) is 20.7 Å². The predicted octanol–water partition coefficient (Wildman–Crippen LogP) is 0.103. The Morgan fingerprint density at radius 2 is 1.77 bits per heavy atom. The number of aliphatic hydroxyl groups is 1. The van der Waals surface area contributed by atoms with Crippen LogP contribution in [0.4, 0.5) is 13.2 Å². The highest BCUT2D eigenvalue weighted by atomic mass is 19.4. The maximum Gasteiger partial charge on any atom is 0.490 e. The standard InChI is InChI=1S/C4H9NO.C2HF3O2/c5-4(3-6)1-2-4;3-2(4,5)1(6)7/h6H,1-3,5H2;(H,6,7). The maximum absolute atomic E-state index is 10.6. The summed E-state index contributed by atoms with van der Waals surface area (Å²) in [6, 6.07) is 0. The number of halogens is 3. The van der Waals surface area contributed by atoms with E-state index in [2.05, 4.69) is 0 Å². The first kappa shape index (κ1) is 12.2. The second-order valence-corrected chi connectivity index (χ2v) is 2.82. The summed E-state index contributed by atoms with van der Waals surface area (Å²) in [6.45, 7) is 0.160. The molecule has 0 unspecified atom stereocenters. The van der Waals surface area contributed by atoms with Crippen LogP contribution in [0.5, 0.6) is 0 Å². The molecule has 0 bridgehead atoms. The summed E-state index contributed by atoms with van der Waals surface area (Å²) in [5.74, 6) is -2.76. The highest BCUT2D eigenvalue weighted by Gasteiger charge is 2.38. The van der Waals surface area contributed by atoms with E-state index in [1.165, 1.54) is 0 Å². The first-order valence-electron chi connectivity index (χ1n) is 3.41. The molecule has 4 N–H and O–H groups in total. The maximum atomic E-state index is 10.6. The molecule has 0 heterocycles. The summed E-state index contributed by atoms with van der Waals surface area (Å²) in [6.07, 6.45) is -3.08. The molecule has 0 aliphatic heterocycles. The predicted molar refractivity (Wildman–Crippen MR) is 36.9 cm³/mol. The minimum Gasteiger partial charge on any atom is -0.475 e. The monoisotopic (exact) mass is 201 g/mol. The molecule has 0 amide bonds. The highest BCUT2D eigenvalue weighted by Crippen LogP contribution is 2.30. The van der Waals surface area contributed by atoms with Crippen molar-refractivity contribution in [3.63, 3.8) is 0 Å². The number of aliphatic carboxylic acids is 1. The molecule has 0 aromatic heterocycles. The molecule has 1 saturated carbocycles. The quantitative estimate of drug-likeness (QED) is 0.562. The van der Waals surface area contributed by atoms with Gasteiger partial charge in [0.05, 0.1) is 6.61 Å². The van der Waals surface area contributed by atoms with Crippen molar-refractivity contribution in [3.8, 4) is 0 Å². The van der Waals surface area contributed by atoms with E-state index in [0.717, 1.165) is 12.8 Å². The Labute approximate surface area is 72.2 Å². The van der Waals surface area contributed by atoms with Gasteiger partial charge in [-0.15, -0.1) is 0 Å². The van der Waals surface area contributed by atoms with E-state index in [-0.39, 0.29) is 12.1 Å². The van der Waals surface area contributed by atoms with Crippen molar-refractivity contribution in [2.45, 2.75) is 24.6 Å². The van der Waals surface area contributed by atoms with E-state index >= 15 is 0 Å². The van der Waals surface area contributed by atoms with Gasteiger partial charge in [0.2, 0.25) is 0 Å². The van der Waals surface area contributed by atoms with Crippen LogP contribution in [-0.2, 0) is 4.79 Å². The fourth-order valence-electron chi connectivity index (χ4n) is 0.319. The summed E-state index contributed by atoms with van der Waals surface area (Å²) in [7, 11) is 0. The van der Waals surface area contributed by atoms with Crippen molar-refractivity contribution in [3.05, 3.63) is 0 Å². The average Bonchev–Trinajstić information content (AvgIpc) is 2.69. The zero-order chi connectivity index (χ0) is 10.7. The smallest absolute Gasteiger partial charge is 0.475 e. The summed E-state index contributed by atoms with van der Waals surface area (Å²) in [4.78, 5) is 8.90. The van der Waals surface area contributed by atoms with Crippen molar-refractivity contribution in [1.29, 1.82) is 0 Å². The third-order valence-electron chi connectivity index (χ3n) is 1.45. The second-order valence-electron chi connectivity index (χ2n) is 2.82. The van der Waals surface area contributed by atoms with Gasteiger partial charge >= 0.3 is 12.1 Å². The van der Waals surface area contributed by atoms with E-state index < -0.39 is 12.1 Å². The molecule has 0 radical (unpaired) electrons. The zero-order valence-corrected chi connectivity index (χ0v) is 6.64. The normalized spacial score (nSPS) is 18.5. The van der Waals surface area contributed by atoms with Gasteiger partial charge in [0.1, 0.15) is 0 Å². The van der Waals surface area contributed by atoms with Crippen LogP contribution in [0.3, 0.4) is 0 Å².